The molecule has 2 heterocycles. The Kier molecular flexibility index (Phi) is 4.01. The number of benzene rings is 1. The van der Waals surface area contributed by atoms with E-state index in [9.17, 15) is 4.79 Å². The lowest BCUT2D eigenvalue weighted by atomic mass is 10.1. The molecule has 0 spiro atoms. The Labute approximate surface area is 124 Å². The minimum absolute atomic E-state index is 0.0524. The summed E-state index contributed by atoms with van der Waals surface area (Å²) in [6.45, 7) is 1.41. The predicted octanol–water partition coefficient (Wildman–Crippen LogP) is 2.17. The third-order valence-electron chi connectivity index (χ3n) is 3.80. The number of nitrogens with zero attached hydrogens (tertiary/aromatic N) is 2. The van der Waals surface area contributed by atoms with Crippen molar-refractivity contribution in [2.45, 2.75) is 32.2 Å². The first-order valence-corrected chi connectivity index (χ1v) is 7.42. The van der Waals surface area contributed by atoms with Gasteiger partial charge in [-0.05, 0) is 43.5 Å². The molecule has 1 aliphatic rings. The van der Waals surface area contributed by atoms with Gasteiger partial charge in [0, 0.05) is 42.7 Å². The van der Waals surface area contributed by atoms with Crippen molar-refractivity contribution in [1.29, 1.82) is 0 Å². The first kappa shape index (κ1) is 13.8. The molecule has 3 N–H and O–H groups in total. The molecule has 0 atom stereocenters. The van der Waals surface area contributed by atoms with E-state index in [2.05, 4.69) is 14.9 Å². The van der Waals surface area contributed by atoms with Crippen LogP contribution >= 0.6 is 0 Å². The number of rotatable bonds is 4. The molecule has 0 saturated carbocycles. The highest BCUT2D eigenvalue weighted by Crippen LogP contribution is 2.25. The Morgan fingerprint density at radius 2 is 2.10 bits per heavy atom. The number of hydrogen-bond donors (Lipinski definition) is 2. The van der Waals surface area contributed by atoms with Gasteiger partial charge in [-0.1, -0.05) is 0 Å². The highest BCUT2D eigenvalue weighted by molar-refractivity contribution is 5.91. The smallest absolute Gasteiger partial charge is 0.225 e. The molecule has 2 aromatic rings. The van der Waals surface area contributed by atoms with Gasteiger partial charge < -0.3 is 15.6 Å². The summed E-state index contributed by atoms with van der Waals surface area (Å²) in [7, 11) is 0. The fourth-order valence-corrected chi connectivity index (χ4v) is 2.72. The van der Waals surface area contributed by atoms with Gasteiger partial charge in [0.2, 0.25) is 5.91 Å². The topological polar surface area (TPSA) is 72.9 Å². The van der Waals surface area contributed by atoms with Crippen molar-refractivity contribution in [3.63, 3.8) is 0 Å². The molecule has 1 aromatic carbocycles. The maximum Gasteiger partial charge on any atom is 0.225 e. The van der Waals surface area contributed by atoms with Crippen LogP contribution in [0.25, 0.3) is 11.4 Å². The largest absolute Gasteiger partial charge is 0.330 e. The van der Waals surface area contributed by atoms with Gasteiger partial charge in [-0.2, -0.15) is 0 Å². The van der Waals surface area contributed by atoms with Gasteiger partial charge in [-0.25, -0.2) is 4.98 Å². The van der Waals surface area contributed by atoms with Crippen LogP contribution in [0.4, 0.5) is 5.69 Å². The van der Waals surface area contributed by atoms with Gasteiger partial charge >= 0.3 is 0 Å². The van der Waals surface area contributed by atoms with Crippen LogP contribution in [0.3, 0.4) is 0 Å². The minimum atomic E-state index is -0.0524. The summed E-state index contributed by atoms with van der Waals surface area (Å²) in [5, 5.41) is 2.83. The Balaban J connectivity index is 1.78. The average molecular weight is 284 g/mol. The molecule has 0 radical (unpaired) electrons. The first-order chi connectivity index (χ1) is 10.3. The molecule has 0 unspecified atom stereocenters. The van der Waals surface area contributed by atoms with Gasteiger partial charge in [0.1, 0.15) is 5.82 Å². The van der Waals surface area contributed by atoms with Crippen LogP contribution in [0.1, 0.15) is 25.0 Å². The van der Waals surface area contributed by atoms with Gasteiger partial charge in [0.05, 0.1) is 0 Å². The summed E-state index contributed by atoms with van der Waals surface area (Å²) in [4.78, 5) is 16.1. The second-order valence-electron chi connectivity index (χ2n) is 5.35. The monoisotopic (exact) mass is 284 g/mol. The van der Waals surface area contributed by atoms with E-state index >= 15 is 0 Å². The molecular formula is C16H20N4O. The van der Waals surface area contributed by atoms with E-state index in [-0.39, 0.29) is 5.91 Å². The lowest BCUT2D eigenvalue weighted by molar-refractivity contribution is -0.116. The zero-order valence-corrected chi connectivity index (χ0v) is 12.0. The second-order valence-corrected chi connectivity index (χ2v) is 5.35. The molecule has 5 heteroatoms. The number of carbonyl (C=O) groups is 1. The Morgan fingerprint density at radius 1 is 1.29 bits per heavy atom. The SMILES string of the molecule is NCCC(=O)Nc1ccc(-c2ncc3n2CCCC3)cc1. The van der Waals surface area contributed by atoms with Crippen molar-refractivity contribution in [2.75, 3.05) is 11.9 Å². The van der Waals surface area contributed by atoms with E-state index < -0.39 is 0 Å². The lowest BCUT2D eigenvalue weighted by Gasteiger charge is -2.16. The summed E-state index contributed by atoms with van der Waals surface area (Å²) in [5.74, 6) is 0.966. The summed E-state index contributed by atoms with van der Waals surface area (Å²) in [6, 6.07) is 7.83. The molecule has 1 aliphatic heterocycles. The summed E-state index contributed by atoms with van der Waals surface area (Å²) < 4.78 is 2.30. The van der Waals surface area contributed by atoms with Crippen molar-refractivity contribution in [3.05, 3.63) is 36.2 Å². The maximum absolute atomic E-state index is 11.5. The normalized spacial score (nSPS) is 13.8. The van der Waals surface area contributed by atoms with E-state index in [1.165, 1.54) is 18.5 Å². The van der Waals surface area contributed by atoms with Crippen LogP contribution in [-0.4, -0.2) is 22.0 Å². The summed E-state index contributed by atoms with van der Waals surface area (Å²) in [5.41, 5.74) is 8.56. The van der Waals surface area contributed by atoms with Crippen molar-refractivity contribution < 1.29 is 4.79 Å². The second kappa shape index (κ2) is 6.10. The van der Waals surface area contributed by atoms with E-state index in [0.717, 1.165) is 30.0 Å². The van der Waals surface area contributed by atoms with Crippen LogP contribution in [0, 0.1) is 0 Å². The number of amides is 1. The molecule has 21 heavy (non-hydrogen) atoms. The lowest BCUT2D eigenvalue weighted by Crippen LogP contribution is -2.16. The molecule has 0 saturated heterocycles. The molecule has 1 amide bonds. The van der Waals surface area contributed by atoms with Gasteiger partial charge in [0.15, 0.2) is 0 Å². The highest BCUT2D eigenvalue weighted by atomic mass is 16.1. The number of imidazole rings is 1. The Bertz CT molecular complexity index is 630. The number of nitrogens with two attached hydrogens (primary N) is 1. The summed E-state index contributed by atoms with van der Waals surface area (Å²) in [6.07, 6.45) is 5.89. The first-order valence-electron chi connectivity index (χ1n) is 7.42. The predicted molar refractivity (Wildman–Crippen MR) is 82.9 cm³/mol. The molecule has 5 nitrogen and oxygen atoms in total. The minimum Gasteiger partial charge on any atom is -0.330 e. The maximum atomic E-state index is 11.5. The standard InChI is InChI=1S/C16H20N4O/c17-9-8-15(21)19-13-6-4-12(5-7-13)16-18-11-14-3-1-2-10-20(14)16/h4-7,11H,1-3,8-10,17H2,(H,19,21). The Hall–Kier alpha value is -2.14. The molecule has 0 aliphatic carbocycles. The van der Waals surface area contributed by atoms with Crippen molar-refractivity contribution in [3.8, 4) is 11.4 Å². The van der Waals surface area contributed by atoms with Crippen LogP contribution in [-0.2, 0) is 17.8 Å². The zero-order valence-electron chi connectivity index (χ0n) is 12.0. The fourth-order valence-electron chi connectivity index (χ4n) is 2.72. The molecular weight excluding hydrogens is 264 g/mol. The number of fused-ring (bicyclic) bond motifs is 1. The molecule has 1 aromatic heterocycles. The van der Waals surface area contributed by atoms with E-state index in [4.69, 9.17) is 5.73 Å². The van der Waals surface area contributed by atoms with Crippen molar-refractivity contribution >= 4 is 11.6 Å². The number of hydrogen-bond acceptors (Lipinski definition) is 3. The van der Waals surface area contributed by atoms with Crippen molar-refractivity contribution in [1.82, 2.24) is 9.55 Å². The molecule has 110 valence electrons. The zero-order chi connectivity index (χ0) is 14.7. The third-order valence-corrected chi connectivity index (χ3v) is 3.80. The Morgan fingerprint density at radius 3 is 2.86 bits per heavy atom. The molecule has 0 bridgehead atoms. The van der Waals surface area contributed by atoms with Gasteiger partial charge in [-0.15, -0.1) is 0 Å². The summed E-state index contributed by atoms with van der Waals surface area (Å²) >= 11 is 0. The number of anilines is 1. The van der Waals surface area contributed by atoms with Gasteiger partial charge in [-0.3, -0.25) is 4.79 Å². The van der Waals surface area contributed by atoms with Gasteiger partial charge in [0.25, 0.3) is 0 Å². The highest BCUT2D eigenvalue weighted by Gasteiger charge is 2.15. The van der Waals surface area contributed by atoms with E-state index in [1.54, 1.807) is 0 Å². The van der Waals surface area contributed by atoms with Crippen LogP contribution in [0.5, 0.6) is 0 Å². The van der Waals surface area contributed by atoms with Crippen LogP contribution in [0.15, 0.2) is 30.5 Å². The quantitative estimate of drug-likeness (QED) is 0.903. The van der Waals surface area contributed by atoms with Crippen LogP contribution < -0.4 is 11.1 Å². The number of aromatic nitrogens is 2. The fraction of sp³-hybridized carbons (Fsp3) is 0.375. The molecule has 0 fully saturated rings. The number of aryl methyl sites for hydroxylation is 1. The molecule has 3 rings (SSSR count). The number of carbonyl (C=O) groups excluding carboxylic acids is 1. The van der Waals surface area contributed by atoms with E-state index in [0.29, 0.717) is 13.0 Å². The van der Waals surface area contributed by atoms with Crippen LogP contribution in [0.2, 0.25) is 0 Å². The number of nitrogens with one attached hydrogen (secondary N) is 1. The van der Waals surface area contributed by atoms with E-state index in [1.807, 2.05) is 30.5 Å². The third kappa shape index (κ3) is 2.97. The average Bonchev–Trinajstić information content (AvgIpc) is 2.92. The van der Waals surface area contributed by atoms with Crippen molar-refractivity contribution in [2.24, 2.45) is 5.73 Å².